The number of carbonyl (C=O) groups is 1. The van der Waals surface area contributed by atoms with Crippen molar-refractivity contribution in [3.05, 3.63) is 11.3 Å². The molecule has 0 saturated carbocycles. The normalized spacial score (nSPS) is 16.0. The summed E-state index contributed by atoms with van der Waals surface area (Å²) in [5, 5.41) is -1.32. The van der Waals surface area contributed by atoms with E-state index < -0.39 is 15.2 Å². The third kappa shape index (κ3) is 3.12. The highest BCUT2D eigenvalue weighted by atomic mass is 32.2. The van der Waals surface area contributed by atoms with E-state index in [1.54, 1.807) is 6.92 Å². The SMILES string of the molecule is CCC(C)/C(N)=C(\C)C(=O)S(=O)(=O)O. The van der Waals surface area contributed by atoms with Gasteiger partial charge in [-0.2, -0.15) is 8.42 Å². The Balaban J connectivity index is 5.13. The Morgan fingerprint density at radius 3 is 2.21 bits per heavy atom. The van der Waals surface area contributed by atoms with Crippen LogP contribution in [0.15, 0.2) is 11.3 Å². The molecule has 0 heterocycles. The highest BCUT2D eigenvalue weighted by molar-refractivity contribution is 8.01. The maximum absolute atomic E-state index is 11.1. The van der Waals surface area contributed by atoms with Crippen molar-refractivity contribution in [3.63, 3.8) is 0 Å². The second-order valence-corrected chi connectivity index (χ2v) is 4.47. The van der Waals surface area contributed by atoms with Gasteiger partial charge in [-0.05, 0) is 19.3 Å². The lowest BCUT2D eigenvalue weighted by molar-refractivity contribution is -0.109. The lowest BCUT2D eigenvalue weighted by Crippen LogP contribution is -2.20. The van der Waals surface area contributed by atoms with Crippen LogP contribution in [0.5, 0.6) is 0 Å². The van der Waals surface area contributed by atoms with Crippen LogP contribution in [0.3, 0.4) is 0 Å². The van der Waals surface area contributed by atoms with Crippen LogP contribution in [0.4, 0.5) is 0 Å². The van der Waals surface area contributed by atoms with Crippen molar-refractivity contribution < 1.29 is 17.8 Å². The Morgan fingerprint density at radius 1 is 1.50 bits per heavy atom. The Hall–Kier alpha value is -0.880. The van der Waals surface area contributed by atoms with E-state index >= 15 is 0 Å². The Morgan fingerprint density at radius 2 is 1.93 bits per heavy atom. The van der Waals surface area contributed by atoms with Gasteiger partial charge < -0.3 is 5.73 Å². The van der Waals surface area contributed by atoms with Crippen LogP contribution in [-0.2, 0) is 14.9 Å². The molecule has 0 aromatic rings. The first-order valence-corrected chi connectivity index (χ1v) is 5.63. The average Bonchev–Trinajstić information content (AvgIpc) is 2.11. The lowest BCUT2D eigenvalue weighted by atomic mass is 10.0. The third-order valence-electron chi connectivity index (χ3n) is 2.12. The monoisotopic (exact) mass is 221 g/mol. The van der Waals surface area contributed by atoms with Gasteiger partial charge in [-0.3, -0.25) is 9.35 Å². The summed E-state index contributed by atoms with van der Waals surface area (Å²) < 4.78 is 29.5. The third-order valence-corrected chi connectivity index (χ3v) is 2.89. The molecule has 0 aromatic heterocycles. The molecule has 14 heavy (non-hydrogen) atoms. The van der Waals surface area contributed by atoms with Crippen molar-refractivity contribution in [2.45, 2.75) is 27.2 Å². The summed E-state index contributed by atoms with van der Waals surface area (Å²) in [5.74, 6) is -0.0827. The number of hydrogen-bond acceptors (Lipinski definition) is 4. The molecule has 0 fully saturated rings. The quantitative estimate of drug-likeness (QED) is 0.539. The van der Waals surface area contributed by atoms with Gasteiger partial charge in [0.05, 0.1) is 0 Å². The van der Waals surface area contributed by atoms with Gasteiger partial charge in [0.2, 0.25) is 0 Å². The lowest BCUT2D eigenvalue weighted by Gasteiger charge is -2.11. The number of nitrogens with two attached hydrogens (primary N) is 1. The predicted molar refractivity (Wildman–Crippen MR) is 52.9 cm³/mol. The summed E-state index contributed by atoms with van der Waals surface area (Å²) in [5.41, 5.74) is 5.65. The minimum atomic E-state index is -4.67. The summed E-state index contributed by atoms with van der Waals surface area (Å²) in [6, 6.07) is 0. The molecule has 5 nitrogen and oxygen atoms in total. The molecular weight excluding hydrogens is 206 g/mol. The second kappa shape index (κ2) is 4.56. The molecule has 82 valence electrons. The summed E-state index contributed by atoms with van der Waals surface area (Å²) in [7, 11) is -4.67. The van der Waals surface area contributed by atoms with Gasteiger partial charge in [-0.25, -0.2) is 0 Å². The standard InChI is InChI=1S/C8H15NO4S/c1-4-5(2)7(9)6(3)8(10)14(11,12)13/h5H,4,9H2,1-3H3,(H,11,12,13)/b7-6-. The van der Waals surface area contributed by atoms with Gasteiger partial charge in [0.1, 0.15) is 0 Å². The van der Waals surface area contributed by atoms with E-state index in [4.69, 9.17) is 10.3 Å². The van der Waals surface area contributed by atoms with Gasteiger partial charge in [0, 0.05) is 11.3 Å². The first kappa shape index (κ1) is 13.1. The smallest absolute Gasteiger partial charge is 0.333 e. The van der Waals surface area contributed by atoms with Crippen LogP contribution in [-0.4, -0.2) is 18.1 Å². The van der Waals surface area contributed by atoms with E-state index in [1.165, 1.54) is 6.92 Å². The van der Waals surface area contributed by atoms with Gasteiger partial charge in [0.15, 0.2) is 0 Å². The van der Waals surface area contributed by atoms with Crippen LogP contribution in [0.25, 0.3) is 0 Å². The maximum atomic E-state index is 11.1. The number of carbonyl (C=O) groups excluding carboxylic acids is 1. The van der Waals surface area contributed by atoms with Crippen LogP contribution in [0.1, 0.15) is 27.2 Å². The van der Waals surface area contributed by atoms with Crippen molar-refractivity contribution in [1.29, 1.82) is 0 Å². The maximum Gasteiger partial charge on any atom is 0.333 e. The Kier molecular flexibility index (Phi) is 4.28. The highest BCUT2D eigenvalue weighted by Gasteiger charge is 2.23. The molecule has 6 heteroatoms. The summed E-state index contributed by atoms with van der Waals surface area (Å²) in [6.07, 6.45) is 0.696. The van der Waals surface area contributed by atoms with E-state index in [0.717, 1.165) is 0 Å². The van der Waals surface area contributed by atoms with E-state index in [2.05, 4.69) is 0 Å². The van der Waals surface area contributed by atoms with Crippen LogP contribution < -0.4 is 5.73 Å². The first-order valence-electron chi connectivity index (χ1n) is 4.19. The second-order valence-electron chi connectivity index (χ2n) is 3.15. The molecule has 0 radical (unpaired) electrons. The van der Waals surface area contributed by atoms with Crippen molar-refractivity contribution in [2.75, 3.05) is 0 Å². The Bertz CT molecular complexity index is 356. The molecule has 0 saturated heterocycles. The first-order chi connectivity index (χ1) is 6.21. The molecule has 0 aliphatic rings. The predicted octanol–water partition coefficient (Wildman–Crippen LogP) is 0.680. The van der Waals surface area contributed by atoms with Crippen LogP contribution in [0, 0.1) is 5.92 Å². The van der Waals surface area contributed by atoms with Crippen LogP contribution in [0.2, 0.25) is 0 Å². The minimum Gasteiger partial charge on any atom is -0.401 e. The summed E-state index contributed by atoms with van der Waals surface area (Å²) >= 11 is 0. The molecule has 3 N–H and O–H groups in total. The zero-order valence-corrected chi connectivity index (χ0v) is 9.26. The Labute approximate surface area is 83.7 Å². The fraction of sp³-hybridized carbons (Fsp3) is 0.625. The zero-order valence-electron chi connectivity index (χ0n) is 8.44. The minimum absolute atomic E-state index is 0.0827. The summed E-state index contributed by atoms with van der Waals surface area (Å²) in [4.78, 5) is 11.1. The molecule has 0 aliphatic carbocycles. The van der Waals surface area contributed by atoms with Crippen molar-refractivity contribution in [3.8, 4) is 0 Å². The molecular formula is C8H15NO4S. The molecule has 0 aromatic carbocycles. The van der Waals surface area contributed by atoms with E-state index in [1.807, 2.05) is 6.92 Å². The van der Waals surface area contributed by atoms with Gasteiger partial charge in [0.25, 0.3) is 0 Å². The molecule has 1 unspecified atom stereocenters. The van der Waals surface area contributed by atoms with E-state index in [9.17, 15) is 13.2 Å². The van der Waals surface area contributed by atoms with Crippen molar-refractivity contribution >= 4 is 15.2 Å². The molecule has 0 bridgehead atoms. The summed E-state index contributed by atoms with van der Waals surface area (Å²) in [6.45, 7) is 4.93. The zero-order chi connectivity index (χ0) is 11.5. The number of rotatable bonds is 3. The molecule has 1 atom stereocenters. The molecule has 0 rings (SSSR count). The topological polar surface area (TPSA) is 97.5 Å². The highest BCUT2D eigenvalue weighted by Crippen LogP contribution is 2.15. The van der Waals surface area contributed by atoms with Crippen LogP contribution >= 0.6 is 0 Å². The molecule has 0 aliphatic heterocycles. The number of hydrogen-bond donors (Lipinski definition) is 2. The average molecular weight is 221 g/mol. The van der Waals surface area contributed by atoms with Gasteiger partial charge in [-0.15, -0.1) is 0 Å². The molecule has 0 spiro atoms. The largest absolute Gasteiger partial charge is 0.401 e. The van der Waals surface area contributed by atoms with E-state index in [0.29, 0.717) is 6.42 Å². The van der Waals surface area contributed by atoms with Gasteiger partial charge in [-0.1, -0.05) is 13.8 Å². The van der Waals surface area contributed by atoms with E-state index in [-0.39, 0.29) is 17.2 Å². The van der Waals surface area contributed by atoms with Crippen molar-refractivity contribution in [2.24, 2.45) is 11.7 Å². The number of allylic oxidation sites excluding steroid dienone is 1. The van der Waals surface area contributed by atoms with Gasteiger partial charge >= 0.3 is 15.2 Å². The van der Waals surface area contributed by atoms with Crippen molar-refractivity contribution in [1.82, 2.24) is 0 Å². The fourth-order valence-electron chi connectivity index (χ4n) is 0.901. The fourth-order valence-corrected chi connectivity index (χ4v) is 1.41. The molecule has 0 amide bonds.